The summed E-state index contributed by atoms with van der Waals surface area (Å²) in [5.74, 6) is -1.14. The molecule has 0 radical (unpaired) electrons. The van der Waals surface area contributed by atoms with Crippen LogP contribution in [0.2, 0.25) is 0 Å². The molecule has 0 saturated heterocycles. The molecular weight excluding hydrogens is 304 g/mol. The van der Waals surface area contributed by atoms with Gasteiger partial charge in [0, 0.05) is 29.4 Å². The standard InChI is InChI=1S/C19H26N2O3/c1-4-7-14(12(2)3)18(22)21-17(19(23)24)10-13-11-20-16-9-6-5-8-15(13)16/h5-6,8-9,11-12,14,17,20H,4,7,10H2,1-3H3,(H,21,22)(H,23,24). The number of aliphatic carboxylic acids is 1. The molecule has 0 spiro atoms. The number of rotatable bonds is 8. The fraction of sp³-hybridized carbons (Fsp3) is 0.474. The molecule has 1 aromatic heterocycles. The minimum atomic E-state index is -1.01. The van der Waals surface area contributed by atoms with Crippen LogP contribution in [0.3, 0.4) is 0 Å². The number of carboxylic acids is 1. The second-order valence-electron chi connectivity index (χ2n) is 6.60. The van der Waals surface area contributed by atoms with E-state index >= 15 is 0 Å². The molecule has 24 heavy (non-hydrogen) atoms. The van der Waals surface area contributed by atoms with Crippen molar-refractivity contribution in [3.05, 3.63) is 36.0 Å². The van der Waals surface area contributed by atoms with E-state index in [4.69, 9.17) is 0 Å². The lowest BCUT2D eigenvalue weighted by Gasteiger charge is -2.22. The molecule has 130 valence electrons. The third-order valence-electron chi connectivity index (χ3n) is 4.45. The Hall–Kier alpha value is -2.30. The lowest BCUT2D eigenvalue weighted by Crippen LogP contribution is -2.45. The largest absolute Gasteiger partial charge is 0.480 e. The minimum Gasteiger partial charge on any atom is -0.480 e. The van der Waals surface area contributed by atoms with Crippen LogP contribution in [-0.4, -0.2) is 28.0 Å². The molecule has 1 aromatic carbocycles. The van der Waals surface area contributed by atoms with Gasteiger partial charge in [-0.2, -0.15) is 0 Å². The molecule has 2 atom stereocenters. The molecule has 0 fully saturated rings. The van der Waals surface area contributed by atoms with E-state index in [9.17, 15) is 14.7 Å². The van der Waals surface area contributed by atoms with E-state index in [0.29, 0.717) is 0 Å². The molecule has 0 aliphatic carbocycles. The van der Waals surface area contributed by atoms with Crippen LogP contribution >= 0.6 is 0 Å². The predicted molar refractivity (Wildman–Crippen MR) is 94.8 cm³/mol. The lowest BCUT2D eigenvalue weighted by molar-refractivity contribution is -0.142. The van der Waals surface area contributed by atoms with Crippen LogP contribution in [0.25, 0.3) is 10.9 Å². The number of para-hydroxylation sites is 1. The first-order valence-corrected chi connectivity index (χ1v) is 8.52. The second-order valence-corrected chi connectivity index (χ2v) is 6.60. The molecule has 0 bridgehead atoms. The fourth-order valence-corrected chi connectivity index (χ4v) is 3.08. The molecule has 2 aromatic rings. The summed E-state index contributed by atoms with van der Waals surface area (Å²) < 4.78 is 0. The number of hydrogen-bond acceptors (Lipinski definition) is 2. The van der Waals surface area contributed by atoms with Crippen molar-refractivity contribution in [1.82, 2.24) is 10.3 Å². The molecule has 0 aliphatic heterocycles. The summed E-state index contributed by atoms with van der Waals surface area (Å²) in [5, 5.41) is 13.2. The van der Waals surface area contributed by atoms with Gasteiger partial charge in [-0.05, 0) is 24.0 Å². The summed E-state index contributed by atoms with van der Waals surface area (Å²) in [5.41, 5.74) is 1.86. The number of H-pyrrole nitrogens is 1. The quantitative estimate of drug-likeness (QED) is 0.694. The highest BCUT2D eigenvalue weighted by Gasteiger charge is 2.27. The summed E-state index contributed by atoms with van der Waals surface area (Å²) in [6.45, 7) is 6.02. The predicted octanol–water partition coefficient (Wildman–Crippen LogP) is 3.35. The number of fused-ring (bicyclic) bond motifs is 1. The Morgan fingerprint density at radius 3 is 2.58 bits per heavy atom. The topological polar surface area (TPSA) is 82.2 Å². The molecule has 2 rings (SSSR count). The monoisotopic (exact) mass is 330 g/mol. The van der Waals surface area contributed by atoms with E-state index in [1.807, 2.05) is 51.2 Å². The van der Waals surface area contributed by atoms with E-state index in [1.165, 1.54) is 0 Å². The van der Waals surface area contributed by atoms with Gasteiger partial charge in [0.15, 0.2) is 0 Å². The van der Waals surface area contributed by atoms with Gasteiger partial charge in [0.1, 0.15) is 6.04 Å². The van der Waals surface area contributed by atoms with Crippen molar-refractivity contribution in [3.8, 4) is 0 Å². The number of carbonyl (C=O) groups is 2. The maximum absolute atomic E-state index is 12.5. The lowest BCUT2D eigenvalue weighted by atomic mass is 9.90. The van der Waals surface area contributed by atoms with E-state index in [2.05, 4.69) is 10.3 Å². The Morgan fingerprint density at radius 1 is 1.25 bits per heavy atom. The SMILES string of the molecule is CCCC(C(=O)NC(Cc1c[nH]c2ccccc12)C(=O)O)C(C)C. The molecule has 0 aliphatic rings. The van der Waals surface area contributed by atoms with Crippen molar-refractivity contribution in [3.63, 3.8) is 0 Å². The third kappa shape index (κ3) is 4.16. The van der Waals surface area contributed by atoms with Crippen molar-refractivity contribution in [1.29, 1.82) is 0 Å². The van der Waals surface area contributed by atoms with Gasteiger partial charge in [0.05, 0.1) is 0 Å². The first kappa shape index (κ1) is 18.0. The van der Waals surface area contributed by atoms with Gasteiger partial charge in [-0.15, -0.1) is 0 Å². The summed E-state index contributed by atoms with van der Waals surface area (Å²) in [6, 6.07) is 6.83. The van der Waals surface area contributed by atoms with Crippen molar-refractivity contribution in [2.45, 2.75) is 46.1 Å². The van der Waals surface area contributed by atoms with E-state index in [0.717, 1.165) is 29.3 Å². The first-order valence-electron chi connectivity index (χ1n) is 8.52. The van der Waals surface area contributed by atoms with Crippen molar-refractivity contribution in [2.24, 2.45) is 11.8 Å². The first-order chi connectivity index (χ1) is 11.4. The molecule has 2 unspecified atom stereocenters. The number of carbonyl (C=O) groups excluding carboxylic acids is 1. The highest BCUT2D eigenvalue weighted by atomic mass is 16.4. The number of aromatic amines is 1. The Labute approximate surface area is 142 Å². The maximum atomic E-state index is 12.5. The van der Waals surface area contributed by atoms with Crippen LogP contribution < -0.4 is 5.32 Å². The third-order valence-corrected chi connectivity index (χ3v) is 4.45. The average molecular weight is 330 g/mol. The highest BCUT2D eigenvalue weighted by Crippen LogP contribution is 2.21. The molecule has 5 heteroatoms. The number of nitrogens with one attached hydrogen (secondary N) is 2. The van der Waals surface area contributed by atoms with Gasteiger partial charge in [0.2, 0.25) is 5.91 Å². The number of benzene rings is 1. The van der Waals surface area contributed by atoms with E-state index < -0.39 is 12.0 Å². The number of amides is 1. The summed E-state index contributed by atoms with van der Waals surface area (Å²) >= 11 is 0. The van der Waals surface area contributed by atoms with Gasteiger partial charge in [0.25, 0.3) is 0 Å². The normalized spacial score (nSPS) is 13.8. The van der Waals surface area contributed by atoms with Crippen LogP contribution in [0.1, 0.15) is 39.2 Å². The zero-order valence-electron chi connectivity index (χ0n) is 14.5. The highest BCUT2D eigenvalue weighted by molar-refractivity contribution is 5.87. The minimum absolute atomic E-state index is 0.153. The smallest absolute Gasteiger partial charge is 0.326 e. The van der Waals surface area contributed by atoms with E-state index in [-0.39, 0.29) is 24.2 Å². The van der Waals surface area contributed by atoms with E-state index in [1.54, 1.807) is 0 Å². The van der Waals surface area contributed by atoms with Crippen molar-refractivity contribution in [2.75, 3.05) is 0 Å². The summed E-state index contributed by atoms with van der Waals surface area (Å²) in [4.78, 5) is 27.3. The van der Waals surface area contributed by atoms with Crippen LogP contribution in [0, 0.1) is 11.8 Å². The zero-order chi connectivity index (χ0) is 17.7. The molecule has 3 N–H and O–H groups in total. The molecule has 1 amide bonds. The maximum Gasteiger partial charge on any atom is 0.326 e. The van der Waals surface area contributed by atoms with Crippen LogP contribution in [0.4, 0.5) is 0 Å². The van der Waals surface area contributed by atoms with Crippen molar-refractivity contribution < 1.29 is 14.7 Å². The van der Waals surface area contributed by atoms with Crippen LogP contribution in [0.5, 0.6) is 0 Å². The summed E-state index contributed by atoms with van der Waals surface area (Å²) in [6.07, 6.45) is 3.75. The Kier molecular flexibility index (Phi) is 6.01. The number of carboxylic acid groups (broad SMARTS) is 1. The van der Waals surface area contributed by atoms with Gasteiger partial charge in [-0.25, -0.2) is 4.79 Å². The van der Waals surface area contributed by atoms with Gasteiger partial charge >= 0.3 is 5.97 Å². The molecular formula is C19H26N2O3. The van der Waals surface area contributed by atoms with Gasteiger partial charge in [-0.3, -0.25) is 4.79 Å². The Balaban J connectivity index is 2.15. The van der Waals surface area contributed by atoms with Gasteiger partial charge in [-0.1, -0.05) is 45.4 Å². The fourth-order valence-electron chi connectivity index (χ4n) is 3.08. The van der Waals surface area contributed by atoms with Crippen LogP contribution in [-0.2, 0) is 16.0 Å². The summed E-state index contributed by atoms with van der Waals surface area (Å²) in [7, 11) is 0. The zero-order valence-corrected chi connectivity index (χ0v) is 14.5. The Morgan fingerprint density at radius 2 is 1.96 bits per heavy atom. The van der Waals surface area contributed by atoms with Gasteiger partial charge < -0.3 is 15.4 Å². The van der Waals surface area contributed by atoms with Crippen molar-refractivity contribution >= 4 is 22.8 Å². The Bertz CT molecular complexity index is 705. The van der Waals surface area contributed by atoms with Crippen LogP contribution in [0.15, 0.2) is 30.5 Å². The second kappa shape index (κ2) is 7.99. The number of aromatic nitrogens is 1. The average Bonchev–Trinajstić information content (AvgIpc) is 2.94. The molecule has 0 saturated carbocycles. The molecule has 5 nitrogen and oxygen atoms in total. The number of hydrogen-bond donors (Lipinski definition) is 3. The molecule has 1 heterocycles.